The summed E-state index contributed by atoms with van der Waals surface area (Å²) in [5.41, 5.74) is 1.98. The molecular weight excluding hydrogens is 300 g/mol. The Kier molecular flexibility index (Phi) is 4.51. The lowest BCUT2D eigenvalue weighted by Gasteiger charge is -2.14. The summed E-state index contributed by atoms with van der Waals surface area (Å²) in [4.78, 5) is 23.5. The van der Waals surface area contributed by atoms with Crippen molar-refractivity contribution in [3.63, 3.8) is 0 Å². The Balaban J connectivity index is 3.42. The van der Waals surface area contributed by atoms with Gasteiger partial charge in [0, 0.05) is 5.56 Å². The number of carbonyl (C=O) groups is 2. The number of phenols is 1. The van der Waals surface area contributed by atoms with Crippen LogP contribution in [0.1, 0.15) is 34.0 Å². The molecule has 0 unspecified atom stereocenters. The molecule has 5 heteroatoms. The number of halogens is 1. The highest BCUT2D eigenvalue weighted by Crippen LogP contribution is 2.36. The minimum absolute atomic E-state index is 0.0883. The summed E-state index contributed by atoms with van der Waals surface area (Å²) in [6.07, 6.45) is 0. The van der Waals surface area contributed by atoms with Crippen molar-refractivity contribution in [2.45, 2.75) is 27.7 Å². The van der Waals surface area contributed by atoms with Crippen LogP contribution in [-0.2, 0) is 9.53 Å². The van der Waals surface area contributed by atoms with Gasteiger partial charge in [-0.3, -0.25) is 4.79 Å². The van der Waals surface area contributed by atoms with E-state index in [0.717, 1.165) is 0 Å². The number of aromatic hydroxyl groups is 1. The van der Waals surface area contributed by atoms with Gasteiger partial charge in [0.05, 0.1) is 11.1 Å². The first-order chi connectivity index (χ1) is 8.32. The summed E-state index contributed by atoms with van der Waals surface area (Å²) >= 11 is 3.22. The molecule has 0 aliphatic rings. The van der Waals surface area contributed by atoms with Crippen LogP contribution in [0.15, 0.2) is 4.47 Å². The second-order valence-corrected chi connectivity index (χ2v) is 4.76. The van der Waals surface area contributed by atoms with Crippen LogP contribution in [0, 0.1) is 20.8 Å². The quantitative estimate of drug-likeness (QED) is 0.529. The fourth-order valence-corrected chi connectivity index (χ4v) is 2.23. The monoisotopic (exact) mass is 314 g/mol. The largest absolute Gasteiger partial charge is 0.506 e. The number of phenolic OH excluding ortho intramolecular Hbond substituents is 1. The van der Waals surface area contributed by atoms with Crippen LogP contribution >= 0.6 is 15.9 Å². The molecule has 0 amide bonds. The van der Waals surface area contributed by atoms with Crippen LogP contribution in [0.4, 0.5) is 0 Å². The number of ketones is 1. The summed E-state index contributed by atoms with van der Waals surface area (Å²) in [7, 11) is 0. The van der Waals surface area contributed by atoms with Crippen molar-refractivity contribution >= 4 is 27.7 Å². The smallest absolute Gasteiger partial charge is 0.379 e. The van der Waals surface area contributed by atoms with Crippen molar-refractivity contribution in [3.8, 4) is 5.75 Å². The number of ether oxygens (including phenoxy) is 1. The summed E-state index contributed by atoms with van der Waals surface area (Å²) in [5, 5.41) is 9.84. The summed E-state index contributed by atoms with van der Waals surface area (Å²) in [5.74, 6) is -1.47. The van der Waals surface area contributed by atoms with Crippen LogP contribution in [0.2, 0.25) is 0 Å². The Bertz CT molecular complexity index is 491. The predicted octanol–water partition coefficient (Wildman–Crippen LogP) is 2.83. The maximum atomic E-state index is 12.0. The molecule has 0 fully saturated rings. The Labute approximate surface area is 114 Å². The number of hydrogen-bond acceptors (Lipinski definition) is 4. The molecule has 0 atom stereocenters. The number of esters is 1. The third-order valence-corrected chi connectivity index (χ3v) is 3.86. The van der Waals surface area contributed by atoms with E-state index in [9.17, 15) is 14.7 Å². The van der Waals surface area contributed by atoms with E-state index in [-0.39, 0.29) is 17.9 Å². The van der Waals surface area contributed by atoms with Crippen molar-refractivity contribution in [3.05, 3.63) is 26.7 Å². The predicted molar refractivity (Wildman–Crippen MR) is 71.0 cm³/mol. The fraction of sp³-hybridized carbons (Fsp3) is 0.385. The molecule has 0 aromatic heterocycles. The lowest BCUT2D eigenvalue weighted by molar-refractivity contribution is -0.137. The number of benzene rings is 1. The maximum Gasteiger partial charge on any atom is 0.379 e. The van der Waals surface area contributed by atoms with Gasteiger partial charge in [0.1, 0.15) is 5.75 Å². The third kappa shape index (κ3) is 2.41. The molecule has 4 nitrogen and oxygen atoms in total. The number of Topliss-reactive ketones (excluding diaryl/α,β-unsaturated/α-hetero) is 1. The standard InChI is InChI=1S/C13H15BrO4/c1-5-18-13(17)12(16)9-6(2)7(3)11(15)10(14)8(9)4/h15H,5H2,1-4H3. The van der Waals surface area contributed by atoms with E-state index in [1.165, 1.54) is 0 Å². The average Bonchev–Trinajstić information content (AvgIpc) is 2.34. The minimum Gasteiger partial charge on any atom is -0.506 e. The second kappa shape index (κ2) is 5.52. The zero-order valence-corrected chi connectivity index (χ0v) is 12.3. The highest BCUT2D eigenvalue weighted by molar-refractivity contribution is 9.10. The van der Waals surface area contributed by atoms with Crippen LogP contribution in [-0.4, -0.2) is 23.5 Å². The van der Waals surface area contributed by atoms with Crippen molar-refractivity contribution < 1.29 is 19.4 Å². The van der Waals surface area contributed by atoms with Gasteiger partial charge in [-0.15, -0.1) is 0 Å². The summed E-state index contributed by atoms with van der Waals surface area (Å²) in [6.45, 7) is 6.85. The molecule has 98 valence electrons. The molecule has 0 aliphatic carbocycles. The van der Waals surface area contributed by atoms with Crippen molar-refractivity contribution in [1.82, 2.24) is 0 Å². The van der Waals surface area contributed by atoms with Crippen LogP contribution in [0.3, 0.4) is 0 Å². The highest BCUT2D eigenvalue weighted by Gasteiger charge is 2.25. The molecule has 0 heterocycles. The van der Waals surface area contributed by atoms with E-state index in [0.29, 0.717) is 21.2 Å². The zero-order valence-electron chi connectivity index (χ0n) is 10.8. The maximum absolute atomic E-state index is 12.0. The fourth-order valence-electron chi connectivity index (χ4n) is 1.74. The van der Waals surface area contributed by atoms with Gasteiger partial charge in [-0.2, -0.15) is 0 Å². The number of rotatable bonds is 3. The van der Waals surface area contributed by atoms with E-state index in [1.54, 1.807) is 27.7 Å². The van der Waals surface area contributed by atoms with E-state index >= 15 is 0 Å². The molecule has 18 heavy (non-hydrogen) atoms. The Morgan fingerprint density at radius 3 is 2.22 bits per heavy atom. The Morgan fingerprint density at radius 1 is 1.17 bits per heavy atom. The first kappa shape index (κ1) is 14.7. The SMILES string of the molecule is CCOC(=O)C(=O)c1c(C)c(C)c(O)c(Br)c1C. The lowest BCUT2D eigenvalue weighted by atomic mass is 9.94. The van der Waals surface area contributed by atoms with Crippen molar-refractivity contribution in [1.29, 1.82) is 0 Å². The number of hydrogen-bond donors (Lipinski definition) is 1. The minimum atomic E-state index is -0.874. The summed E-state index contributed by atoms with van der Waals surface area (Å²) < 4.78 is 5.14. The molecule has 1 rings (SSSR count). The highest BCUT2D eigenvalue weighted by atomic mass is 79.9. The second-order valence-electron chi connectivity index (χ2n) is 3.96. The van der Waals surface area contributed by atoms with Crippen LogP contribution in [0.5, 0.6) is 5.75 Å². The average molecular weight is 315 g/mol. The molecule has 0 bridgehead atoms. The molecule has 0 radical (unpaired) electrons. The van der Waals surface area contributed by atoms with Crippen LogP contribution < -0.4 is 0 Å². The van der Waals surface area contributed by atoms with Crippen molar-refractivity contribution in [2.75, 3.05) is 6.61 Å². The molecular formula is C13H15BrO4. The van der Waals surface area contributed by atoms with Gasteiger partial charge in [0.15, 0.2) is 0 Å². The van der Waals surface area contributed by atoms with Gasteiger partial charge in [0.2, 0.25) is 0 Å². The van der Waals surface area contributed by atoms with E-state index < -0.39 is 11.8 Å². The van der Waals surface area contributed by atoms with Gasteiger partial charge in [-0.25, -0.2) is 4.79 Å². The molecule has 0 spiro atoms. The molecule has 1 aromatic carbocycles. The molecule has 0 saturated carbocycles. The number of carbonyl (C=O) groups excluding carboxylic acids is 2. The Morgan fingerprint density at radius 2 is 1.72 bits per heavy atom. The van der Waals surface area contributed by atoms with E-state index in [1.807, 2.05) is 0 Å². The van der Waals surface area contributed by atoms with Gasteiger partial charge < -0.3 is 9.84 Å². The Hall–Kier alpha value is -1.36. The normalized spacial score (nSPS) is 10.3. The molecule has 0 saturated heterocycles. The zero-order chi connectivity index (χ0) is 14.0. The third-order valence-electron chi connectivity index (χ3n) is 2.89. The van der Waals surface area contributed by atoms with Gasteiger partial charge in [-0.1, -0.05) is 0 Å². The van der Waals surface area contributed by atoms with Crippen LogP contribution in [0.25, 0.3) is 0 Å². The van der Waals surface area contributed by atoms with E-state index in [2.05, 4.69) is 15.9 Å². The molecule has 1 N–H and O–H groups in total. The lowest BCUT2D eigenvalue weighted by Crippen LogP contribution is -2.20. The summed E-state index contributed by atoms with van der Waals surface area (Å²) in [6, 6.07) is 0. The first-order valence-electron chi connectivity index (χ1n) is 5.52. The van der Waals surface area contributed by atoms with Gasteiger partial charge in [-0.05, 0) is 60.3 Å². The van der Waals surface area contributed by atoms with E-state index in [4.69, 9.17) is 4.74 Å². The first-order valence-corrected chi connectivity index (χ1v) is 6.31. The van der Waals surface area contributed by atoms with Gasteiger partial charge in [0.25, 0.3) is 5.78 Å². The molecule has 1 aromatic rings. The van der Waals surface area contributed by atoms with Crippen molar-refractivity contribution in [2.24, 2.45) is 0 Å². The molecule has 0 aliphatic heterocycles. The van der Waals surface area contributed by atoms with Gasteiger partial charge >= 0.3 is 5.97 Å². The topological polar surface area (TPSA) is 63.6 Å².